The Morgan fingerprint density at radius 2 is 1.43 bits per heavy atom. The molecule has 0 aromatic heterocycles. The van der Waals surface area contributed by atoms with Crippen LogP contribution in [0.4, 0.5) is 11.4 Å². The van der Waals surface area contributed by atoms with Crippen molar-refractivity contribution in [2.45, 2.75) is 31.6 Å². The zero-order chi connectivity index (χ0) is 20.9. The van der Waals surface area contributed by atoms with Gasteiger partial charge in [-0.15, -0.1) is 0 Å². The van der Waals surface area contributed by atoms with E-state index >= 15 is 0 Å². The fourth-order valence-electron chi connectivity index (χ4n) is 2.53. The van der Waals surface area contributed by atoms with Crippen molar-refractivity contribution < 1.29 is 18.0 Å². The third-order valence-corrected chi connectivity index (χ3v) is 5.93. The quantitative estimate of drug-likeness (QED) is 0.743. The third-order valence-electron chi connectivity index (χ3n) is 4.11. The maximum atomic E-state index is 12.6. The van der Waals surface area contributed by atoms with E-state index in [0.717, 1.165) is 9.87 Å². The Bertz CT molecular complexity index is 936. The summed E-state index contributed by atoms with van der Waals surface area (Å²) in [6.45, 7) is 5.21. The summed E-state index contributed by atoms with van der Waals surface area (Å²) in [5, 5.41) is 5.27. The van der Waals surface area contributed by atoms with Crippen molar-refractivity contribution in [2.75, 3.05) is 24.2 Å². The van der Waals surface area contributed by atoms with Crippen molar-refractivity contribution in [1.29, 1.82) is 0 Å². The van der Waals surface area contributed by atoms with Gasteiger partial charge in [0.1, 0.15) is 0 Å². The molecule has 0 radical (unpaired) electrons. The van der Waals surface area contributed by atoms with Crippen LogP contribution in [0.15, 0.2) is 53.4 Å². The number of benzene rings is 2. The van der Waals surface area contributed by atoms with E-state index in [1.807, 2.05) is 12.1 Å². The second-order valence-corrected chi connectivity index (χ2v) is 8.84. The van der Waals surface area contributed by atoms with Crippen molar-refractivity contribution in [3.8, 4) is 0 Å². The van der Waals surface area contributed by atoms with Crippen LogP contribution in [-0.4, -0.2) is 38.1 Å². The molecule has 0 unspecified atom stereocenters. The Morgan fingerprint density at radius 1 is 0.929 bits per heavy atom. The van der Waals surface area contributed by atoms with E-state index in [9.17, 15) is 18.0 Å². The average Bonchev–Trinajstić information content (AvgIpc) is 2.62. The second kappa shape index (κ2) is 8.99. The highest BCUT2D eigenvalue weighted by atomic mass is 32.2. The summed E-state index contributed by atoms with van der Waals surface area (Å²) in [6, 6.07) is 13.2. The highest BCUT2D eigenvalue weighted by Gasteiger charge is 2.23. The smallest absolute Gasteiger partial charge is 0.243 e. The molecule has 0 fully saturated rings. The van der Waals surface area contributed by atoms with Gasteiger partial charge in [-0.3, -0.25) is 9.59 Å². The van der Waals surface area contributed by atoms with Crippen LogP contribution in [0.5, 0.6) is 0 Å². The molecule has 0 saturated carbocycles. The average molecular weight is 404 g/mol. The van der Waals surface area contributed by atoms with Crippen LogP contribution in [0.1, 0.15) is 32.3 Å². The monoisotopic (exact) mass is 403 g/mol. The molecule has 0 saturated heterocycles. The standard InChI is InChI=1S/C20H25N3O4S/c1-14(2)16-5-7-18(8-6-16)22-20(25)13-23(4)28(26,27)19-11-9-17(10-12-19)21-15(3)24/h5-12,14H,13H2,1-4H3,(H,21,24)(H,22,25). The Labute approximate surface area is 165 Å². The van der Waals surface area contributed by atoms with Crippen molar-refractivity contribution >= 4 is 33.2 Å². The van der Waals surface area contributed by atoms with E-state index in [1.54, 1.807) is 12.1 Å². The number of carbonyl (C=O) groups is 2. The van der Waals surface area contributed by atoms with Gasteiger partial charge in [0.05, 0.1) is 11.4 Å². The number of sulfonamides is 1. The van der Waals surface area contributed by atoms with E-state index in [-0.39, 0.29) is 17.3 Å². The Morgan fingerprint density at radius 3 is 1.93 bits per heavy atom. The van der Waals surface area contributed by atoms with E-state index < -0.39 is 15.9 Å². The lowest BCUT2D eigenvalue weighted by Gasteiger charge is -2.17. The van der Waals surface area contributed by atoms with Gasteiger partial charge in [0.25, 0.3) is 0 Å². The molecule has 0 aliphatic rings. The summed E-state index contributed by atoms with van der Waals surface area (Å²) in [6.07, 6.45) is 0. The lowest BCUT2D eigenvalue weighted by Crippen LogP contribution is -2.34. The molecule has 150 valence electrons. The number of nitrogens with zero attached hydrogens (tertiary/aromatic N) is 1. The van der Waals surface area contributed by atoms with Gasteiger partial charge in [-0.1, -0.05) is 26.0 Å². The van der Waals surface area contributed by atoms with Gasteiger partial charge >= 0.3 is 0 Å². The van der Waals surface area contributed by atoms with E-state index in [4.69, 9.17) is 0 Å². The first-order valence-corrected chi connectivity index (χ1v) is 10.3. The molecular formula is C20H25N3O4S. The molecule has 7 nitrogen and oxygen atoms in total. The van der Waals surface area contributed by atoms with Crippen LogP contribution in [-0.2, 0) is 19.6 Å². The Balaban J connectivity index is 2.02. The van der Waals surface area contributed by atoms with Gasteiger partial charge in [-0.25, -0.2) is 8.42 Å². The van der Waals surface area contributed by atoms with Crippen LogP contribution in [0, 0.1) is 0 Å². The van der Waals surface area contributed by atoms with Gasteiger partial charge < -0.3 is 10.6 Å². The van der Waals surface area contributed by atoms with Crippen molar-refractivity contribution in [3.05, 3.63) is 54.1 Å². The molecule has 2 aromatic rings. The molecule has 0 heterocycles. The van der Waals surface area contributed by atoms with Crippen LogP contribution in [0.2, 0.25) is 0 Å². The molecule has 8 heteroatoms. The summed E-state index contributed by atoms with van der Waals surface area (Å²) in [5.74, 6) is -0.290. The highest BCUT2D eigenvalue weighted by Crippen LogP contribution is 2.19. The fraction of sp³-hybridized carbons (Fsp3) is 0.300. The minimum absolute atomic E-state index is 0.0400. The first-order valence-electron chi connectivity index (χ1n) is 8.83. The number of hydrogen-bond donors (Lipinski definition) is 2. The normalized spacial score (nSPS) is 11.5. The predicted molar refractivity (Wildman–Crippen MR) is 110 cm³/mol. The maximum absolute atomic E-state index is 12.6. The lowest BCUT2D eigenvalue weighted by atomic mass is 10.0. The molecule has 0 bridgehead atoms. The van der Waals surface area contributed by atoms with Crippen molar-refractivity contribution in [1.82, 2.24) is 4.31 Å². The van der Waals surface area contributed by atoms with E-state index in [2.05, 4.69) is 24.5 Å². The van der Waals surface area contributed by atoms with Crippen molar-refractivity contribution in [3.63, 3.8) is 0 Å². The van der Waals surface area contributed by atoms with Crippen LogP contribution < -0.4 is 10.6 Å². The first-order chi connectivity index (χ1) is 13.1. The number of rotatable bonds is 7. The molecule has 2 N–H and O–H groups in total. The third kappa shape index (κ3) is 5.64. The number of anilines is 2. The predicted octanol–water partition coefficient (Wildman–Crippen LogP) is 3.03. The number of carbonyl (C=O) groups excluding carboxylic acids is 2. The van der Waals surface area contributed by atoms with Gasteiger partial charge in [-0.05, 0) is 47.9 Å². The topological polar surface area (TPSA) is 95.6 Å². The summed E-state index contributed by atoms with van der Waals surface area (Å²) in [7, 11) is -2.48. The Kier molecular flexibility index (Phi) is 6.93. The molecule has 28 heavy (non-hydrogen) atoms. The van der Waals surface area contributed by atoms with Crippen LogP contribution >= 0.6 is 0 Å². The summed E-state index contributed by atoms with van der Waals surface area (Å²) in [4.78, 5) is 23.3. The van der Waals surface area contributed by atoms with Gasteiger partial charge in [0, 0.05) is 25.3 Å². The molecule has 2 aromatic carbocycles. The molecule has 0 atom stereocenters. The fourth-order valence-corrected chi connectivity index (χ4v) is 3.66. The summed E-state index contributed by atoms with van der Waals surface area (Å²) < 4.78 is 26.2. The van der Waals surface area contributed by atoms with Crippen LogP contribution in [0.25, 0.3) is 0 Å². The Hall–Kier alpha value is -2.71. The number of amides is 2. The SMILES string of the molecule is CC(=O)Nc1ccc(S(=O)(=O)N(C)CC(=O)Nc2ccc(C(C)C)cc2)cc1. The molecule has 2 rings (SSSR count). The first kappa shape index (κ1) is 21.6. The van der Waals surface area contributed by atoms with E-state index in [1.165, 1.54) is 38.2 Å². The molecule has 0 aliphatic carbocycles. The minimum Gasteiger partial charge on any atom is -0.326 e. The second-order valence-electron chi connectivity index (χ2n) is 6.79. The zero-order valence-electron chi connectivity index (χ0n) is 16.4. The maximum Gasteiger partial charge on any atom is 0.243 e. The van der Waals surface area contributed by atoms with Crippen LogP contribution in [0.3, 0.4) is 0 Å². The molecular weight excluding hydrogens is 378 g/mol. The van der Waals surface area contributed by atoms with Gasteiger partial charge in [0.15, 0.2) is 0 Å². The van der Waals surface area contributed by atoms with Gasteiger partial charge in [-0.2, -0.15) is 4.31 Å². The zero-order valence-corrected chi connectivity index (χ0v) is 17.2. The summed E-state index contributed by atoms with van der Waals surface area (Å²) in [5.41, 5.74) is 2.26. The number of nitrogens with one attached hydrogen (secondary N) is 2. The highest BCUT2D eigenvalue weighted by molar-refractivity contribution is 7.89. The minimum atomic E-state index is -3.83. The number of likely N-dealkylation sites (N-methyl/N-ethyl adjacent to an activating group) is 1. The van der Waals surface area contributed by atoms with Gasteiger partial charge in [0.2, 0.25) is 21.8 Å². The molecule has 2 amide bonds. The van der Waals surface area contributed by atoms with Crippen molar-refractivity contribution in [2.24, 2.45) is 0 Å². The number of hydrogen-bond acceptors (Lipinski definition) is 4. The molecule has 0 spiro atoms. The largest absolute Gasteiger partial charge is 0.326 e. The lowest BCUT2D eigenvalue weighted by molar-refractivity contribution is -0.116. The molecule has 0 aliphatic heterocycles. The summed E-state index contributed by atoms with van der Waals surface area (Å²) >= 11 is 0. The van der Waals surface area contributed by atoms with E-state index in [0.29, 0.717) is 17.3 Å².